The molecule has 1 aliphatic rings. The van der Waals surface area contributed by atoms with E-state index in [0.717, 1.165) is 17.7 Å². The molecule has 1 aliphatic heterocycles. The molecule has 1 atom stereocenters. The van der Waals surface area contributed by atoms with Crippen LogP contribution in [0.3, 0.4) is 0 Å². The van der Waals surface area contributed by atoms with E-state index >= 15 is 0 Å². The zero-order valence-electron chi connectivity index (χ0n) is 13.4. The van der Waals surface area contributed by atoms with Crippen molar-refractivity contribution in [3.8, 4) is 16.5 Å². The summed E-state index contributed by atoms with van der Waals surface area (Å²) >= 11 is 1.55. The van der Waals surface area contributed by atoms with Crippen molar-refractivity contribution in [1.82, 2.24) is 20.3 Å². The van der Waals surface area contributed by atoms with E-state index in [4.69, 9.17) is 9.26 Å². The van der Waals surface area contributed by atoms with E-state index in [1.807, 2.05) is 17.5 Å². The molecule has 0 aromatic carbocycles. The molecule has 3 aromatic rings. The Hall–Kier alpha value is -2.74. The zero-order chi connectivity index (χ0) is 17.1. The van der Waals surface area contributed by atoms with Gasteiger partial charge in [-0.25, -0.2) is 0 Å². The Morgan fingerprint density at radius 1 is 1.36 bits per heavy atom. The highest BCUT2D eigenvalue weighted by molar-refractivity contribution is 7.13. The largest absolute Gasteiger partial charge is 0.471 e. The third kappa shape index (κ3) is 3.53. The van der Waals surface area contributed by atoms with Crippen LogP contribution < -0.4 is 4.74 Å². The molecule has 4 heterocycles. The fourth-order valence-corrected chi connectivity index (χ4v) is 3.49. The first kappa shape index (κ1) is 15.8. The van der Waals surface area contributed by atoms with E-state index in [1.54, 1.807) is 40.6 Å². The van der Waals surface area contributed by atoms with Crippen molar-refractivity contribution < 1.29 is 14.1 Å². The van der Waals surface area contributed by atoms with E-state index in [1.165, 1.54) is 0 Å². The summed E-state index contributed by atoms with van der Waals surface area (Å²) in [7, 11) is 0. The molecule has 1 fully saturated rings. The maximum Gasteiger partial charge on any atom is 0.276 e. The van der Waals surface area contributed by atoms with E-state index in [2.05, 4.69) is 15.4 Å². The van der Waals surface area contributed by atoms with Gasteiger partial charge in [-0.15, -0.1) is 16.4 Å². The van der Waals surface area contributed by atoms with Crippen molar-refractivity contribution in [3.05, 3.63) is 47.6 Å². The molecule has 0 radical (unpaired) electrons. The lowest BCUT2D eigenvalue weighted by Gasteiger charge is -2.31. The lowest BCUT2D eigenvalue weighted by atomic mass is 10.1. The van der Waals surface area contributed by atoms with E-state index in [-0.39, 0.29) is 12.0 Å². The van der Waals surface area contributed by atoms with Crippen LogP contribution in [0.25, 0.3) is 10.6 Å². The zero-order valence-corrected chi connectivity index (χ0v) is 14.2. The highest BCUT2D eigenvalue weighted by Gasteiger charge is 2.28. The molecule has 7 nitrogen and oxygen atoms in total. The Balaban J connectivity index is 1.43. The fraction of sp³-hybridized carbons (Fsp3) is 0.294. The summed E-state index contributed by atoms with van der Waals surface area (Å²) in [6.45, 7) is 1.18. The van der Waals surface area contributed by atoms with Crippen molar-refractivity contribution >= 4 is 17.2 Å². The first-order valence-electron chi connectivity index (χ1n) is 8.04. The van der Waals surface area contributed by atoms with Gasteiger partial charge in [-0.1, -0.05) is 11.2 Å². The molecule has 0 spiro atoms. The molecule has 0 N–H and O–H groups in total. The van der Waals surface area contributed by atoms with Gasteiger partial charge in [-0.05, 0) is 30.4 Å². The Morgan fingerprint density at radius 3 is 3.12 bits per heavy atom. The first-order valence-corrected chi connectivity index (χ1v) is 8.92. The molecule has 0 saturated carbocycles. The number of likely N-dealkylation sites (tertiary alicyclic amines) is 1. The number of aromatic nitrogens is 3. The number of thiophene rings is 1. The SMILES string of the molecule is O=C(c1cc(-c2cccs2)on1)N1CCCC(Oc2cccnn2)C1. The normalized spacial score (nSPS) is 17.4. The van der Waals surface area contributed by atoms with E-state index in [0.29, 0.717) is 30.4 Å². The second-order valence-electron chi connectivity index (χ2n) is 5.75. The molecular formula is C17H16N4O3S. The van der Waals surface area contributed by atoms with Gasteiger partial charge >= 0.3 is 0 Å². The quantitative estimate of drug-likeness (QED) is 0.715. The Morgan fingerprint density at radius 2 is 2.32 bits per heavy atom. The summed E-state index contributed by atoms with van der Waals surface area (Å²) in [6.07, 6.45) is 3.24. The van der Waals surface area contributed by atoms with Crippen molar-refractivity contribution in [2.24, 2.45) is 0 Å². The van der Waals surface area contributed by atoms with Crippen molar-refractivity contribution in [1.29, 1.82) is 0 Å². The minimum atomic E-state index is -0.140. The molecule has 0 aliphatic carbocycles. The monoisotopic (exact) mass is 356 g/mol. The molecule has 4 rings (SSSR count). The predicted octanol–water partition coefficient (Wildman–Crippen LogP) is 2.88. The number of carbonyl (C=O) groups excluding carboxylic acids is 1. The molecule has 8 heteroatoms. The Bertz CT molecular complexity index is 835. The number of carbonyl (C=O) groups is 1. The second kappa shape index (κ2) is 7.02. The average Bonchev–Trinajstić information content (AvgIpc) is 3.34. The first-order chi connectivity index (χ1) is 12.3. The van der Waals surface area contributed by atoms with Gasteiger partial charge in [0.2, 0.25) is 5.88 Å². The maximum atomic E-state index is 12.7. The van der Waals surface area contributed by atoms with Crippen LogP contribution in [0, 0.1) is 0 Å². The number of rotatable bonds is 4. The van der Waals surface area contributed by atoms with Gasteiger partial charge < -0.3 is 14.2 Å². The van der Waals surface area contributed by atoms with Crippen LogP contribution in [0.1, 0.15) is 23.3 Å². The third-order valence-electron chi connectivity index (χ3n) is 3.99. The van der Waals surface area contributed by atoms with Gasteiger partial charge in [-0.3, -0.25) is 4.79 Å². The smallest absolute Gasteiger partial charge is 0.276 e. The summed E-state index contributed by atoms with van der Waals surface area (Å²) in [5, 5.41) is 13.6. The second-order valence-corrected chi connectivity index (χ2v) is 6.70. The van der Waals surface area contributed by atoms with Crippen molar-refractivity contribution in [3.63, 3.8) is 0 Å². The van der Waals surface area contributed by atoms with E-state index in [9.17, 15) is 4.79 Å². The molecule has 1 unspecified atom stereocenters. The van der Waals surface area contributed by atoms with Gasteiger partial charge in [0.25, 0.3) is 5.91 Å². The third-order valence-corrected chi connectivity index (χ3v) is 4.88. The summed E-state index contributed by atoms with van der Waals surface area (Å²) in [5.74, 6) is 0.949. The van der Waals surface area contributed by atoms with Crippen LogP contribution in [0.15, 0.2) is 46.4 Å². The van der Waals surface area contributed by atoms with Crippen LogP contribution in [-0.4, -0.2) is 45.4 Å². The standard InChI is InChI=1S/C17H16N4O3S/c22-17(13-10-14(24-20-13)15-5-3-9-25-15)21-8-2-4-12(11-21)23-16-6-1-7-18-19-16/h1,3,5-7,9-10,12H,2,4,8,11H2. The van der Waals surface area contributed by atoms with Crippen LogP contribution in [-0.2, 0) is 0 Å². The van der Waals surface area contributed by atoms with Gasteiger partial charge in [0, 0.05) is 24.9 Å². The van der Waals surface area contributed by atoms with Crippen molar-refractivity contribution in [2.45, 2.75) is 18.9 Å². The number of hydrogen-bond acceptors (Lipinski definition) is 7. The molecule has 128 valence electrons. The molecule has 1 amide bonds. The van der Waals surface area contributed by atoms with Crippen LogP contribution >= 0.6 is 11.3 Å². The minimum Gasteiger partial charge on any atom is -0.471 e. The van der Waals surface area contributed by atoms with E-state index < -0.39 is 0 Å². The average molecular weight is 356 g/mol. The summed E-state index contributed by atoms with van der Waals surface area (Å²) in [4.78, 5) is 15.4. The number of ether oxygens (including phenoxy) is 1. The predicted molar refractivity (Wildman–Crippen MR) is 91.4 cm³/mol. The topological polar surface area (TPSA) is 81.4 Å². The Labute approximate surface area is 148 Å². The molecule has 3 aromatic heterocycles. The fourth-order valence-electron chi connectivity index (χ4n) is 2.81. The Kier molecular flexibility index (Phi) is 4.43. The molecule has 0 bridgehead atoms. The van der Waals surface area contributed by atoms with Crippen LogP contribution in [0.2, 0.25) is 0 Å². The van der Waals surface area contributed by atoms with Crippen LogP contribution in [0.4, 0.5) is 0 Å². The van der Waals surface area contributed by atoms with Gasteiger partial charge in [0.1, 0.15) is 6.10 Å². The maximum absolute atomic E-state index is 12.7. The number of nitrogens with zero attached hydrogens (tertiary/aromatic N) is 4. The minimum absolute atomic E-state index is 0.0990. The summed E-state index contributed by atoms with van der Waals surface area (Å²) < 4.78 is 11.1. The lowest BCUT2D eigenvalue weighted by molar-refractivity contribution is 0.0516. The number of piperidine rings is 1. The van der Waals surface area contributed by atoms with Crippen molar-refractivity contribution in [2.75, 3.05) is 13.1 Å². The molecule has 1 saturated heterocycles. The van der Waals surface area contributed by atoms with Crippen LogP contribution in [0.5, 0.6) is 5.88 Å². The summed E-state index contributed by atoms with van der Waals surface area (Å²) in [6, 6.07) is 9.10. The van der Waals surface area contributed by atoms with Gasteiger partial charge in [0.05, 0.1) is 11.4 Å². The molecule has 25 heavy (non-hydrogen) atoms. The molecular weight excluding hydrogens is 340 g/mol. The number of amides is 1. The lowest BCUT2D eigenvalue weighted by Crippen LogP contribution is -2.44. The van der Waals surface area contributed by atoms with Gasteiger partial charge in [-0.2, -0.15) is 5.10 Å². The highest BCUT2D eigenvalue weighted by Crippen LogP contribution is 2.26. The summed E-state index contributed by atoms with van der Waals surface area (Å²) in [5.41, 5.74) is 0.323. The van der Waals surface area contributed by atoms with Gasteiger partial charge in [0.15, 0.2) is 11.5 Å². The highest BCUT2D eigenvalue weighted by atomic mass is 32.1. The number of hydrogen-bond donors (Lipinski definition) is 0.